The summed E-state index contributed by atoms with van der Waals surface area (Å²) < 4.78 is 26.9. The van der Waals surface area contributed by atoms with E-state index in [9.17, 15) is 34.1 Å². The van der Waals surface area contributed by atoms with E-state index in [1.807, 2.05) is 0 Å². The van der Waals surface area contributed by atoms with Crippen molar-refractivity contribution in [2.45, 2.75) is 180 Å². The molecule has 4 N–H and O–H groups in total. The molecule has 64 heavy (non-hydrogen) atoms. The average molecular weight is 914 g/mol. The molecule has 0 aliphatic rings. The summed E-state index contributed by atoms with van der Waals surface area (Å²) in [4.78, 5) is 46.1. The van der Waals surface area contributed by atoms with Gasteiger partial charge in [0.25, 0.3) is 0 Å². The van der Waals surface area contributed by atoms with Gasteiger partial charge in [0.05, 0.1) is 13.2 Å². The van der Waals surface area contributed by atoms with Crippen molar-refractivity contribution in [1.29, 1.82) is 0 Å². The summed E-state index contributed by atoms with van der Waals surface area (Å²) in [5.41, 5.74) is 0. The van der Waals surface area contributed by atoms with Gasteiger partial charge in [-0.3, -0.25) is 18.6 Å². The third-order valence-electron chi connectivity index (χ3n) is 9.55. The Balaban J connectivity index is 3.98. The number of aliphatic hydroxyl groups is 1. The fourth-order valence-corrected chi connectivity index (χ4v) is 6.63. The molecule has 362 valence electrons. The Morgan fingerprint density at radius 2 is 0.906 bits per heavy atom. The lowest BCUT2D eigenvalue weighted by Crippen LogP contribution is -2.43. The van der Waals surface area contributed by atoms with Crippen LogP contribution in [0.1, 0.15) is 168 Å². The number of carboxylic acids is 1. The minimum Gasteiger partial charge on any atom is -0.480 e. The van der Waals surface area contributed by atoms with Gasteiger partial charge >= 0.3 is 19.8 Å². The number of allylic oxidation sites excluding steroid dienone is 18. The zero-order chi connectivity index (χ0) is 47.0. The van der Waals surface area contributed by atoms with Crippen molar-refractivity contribution in [1.82, 2.24) is 5.32 Å². The molecule has 1 amide bonds. The standard InChI is InChI=1S/C52H84NO10P/c1-3-5-7-9-11-13-15-17-19-21-23-24-26-27-29-31-33-35-37-39-41-43-50(55)53-49(52(57)58)47-63-64(59,60)62-46-48(54)45-61-51(56)44-42-40-38-36-34-32-30-28-25-22-20-18-16-14-12-10-8-6-4-2/h6,8,11-14,17-20,23-25,27-29,32,34,48-49,54H,3-5,7,9-10,15-16,21-22,26,30-31,33,35-47H2,1-2H3,(H,53,55)(H,57,58)(H,59,60)/b8-6-,13-11-,14-12-,19-17-,20-18-,24-23-,28-25-,29-27-,34-32-. The second-order valence-electron chi connectivity index (χ2n) is 15.6. The predicted molar refractivity (Wildman–Crippen MR) is 263 cm³/mol. The first-order valence-corrected chi connectivity index (χ1v) is 25.4. The maximum Gasteiger partial charge on any atom is 0.472 e. The molecule has 0 aromatic rings. The van der Waals surface area contributed by atoms with Gasteiger partial charge in [0.1, 0.15) is 12.7 Å². The number of aliphatic carboxylic acids is 1. The predicted octanol–water partition coefficient (Wildman–Crippen LogP) is 13.0. The number of unbranched alkanes of at least 4 members (excludes halogenated alkanes) is 11. The minimum atomic E-state index is -4.78. The zero-order valence-electron chi connectivity index (χ0n) is 39.3. The number of carboxylic acid groups (broad SMARTS) is 1. The van der Waals surface area contributed by atoms with Crippen LogP contribution in [0.25, 0.3) is 0 Å². The highest BCUT2D eigenvalue weighted by Gasteiger charge is 2.28. The van der Waals surface area contributed by atoms with Gasteiger partial charge < -0.3 is 25.2 Å². The second kappa shape index (κ2) is 45.7. The van der Waals surface area contributed by atoms with Crippen molar-refractivity contribution in [3.8, 4) is 0 Å². The summed E-state index contributed by atoms with van der Waals surface area (Å²) in [6.07, 6.45) is 59.6. The maximum absolute atomic E-state index is 12.4. The molecule has 0 bridgehead atoms. The van der Waals surface area contributed by atoms with Crippen molar-refractivity contribution < 1.29 is 47.8 Å². The second-order valence-corrected chi connectivity index (χ2v) is 17.0. The number of carbonyl (C=O) groups excluding carboxylic acids is 2. The largest absolute Gasteiger partial charge is 0.480 e. The molecule has 11 nitrogen and oxygen atoms in total. The van der Waals surface area contributed by atoms with E-state index in [1.165, 1.54) is 25.7 Å². The van der Waals surface area contributed by atoms with Gasteiger partial charge in [-0.25, -0.2) is 9.36 Å². The van der Waals surface area contributed by atoms with E-state index in [1.54, 1.807) is 0 Å². The summed E-state index contributed by atoms with van der Waals surface area (Å²) in [5.74, 6) is -2.45. The molecule has 3 unspecified atom stereocenters. The van der Waals surface area contributed by atoms with E-state index in [4.69, 9.17) is 13.8 Å². The van der Waals surface area contributed by atoms with Gasteiger partial charge in [-0.1, -0.05) is 162 Å². The number of aliphatic hydroxyl groups excluding tert-OH is 1. The number of rotatable bonds is 43. The quantitative estimate of drug-likeness (QED) is 0.0200. The first-order chi connectivity index (χ1) is 31.1. The highest BCUT2D eigenvalue weighted by molar-refractivity contribution is 7.47. The number of hydrogen-bond acceptors (Lipinski definition) is 8. The third kappa shape index (κ3) is 44.7. The number of nitrogens with one attached hydrogen (secondary N) is 1. The van der Waals surface area contributed by atoms with Gasteiger partial charge in [0, 0.05) is 12.8 Å². The summed E-state index contributed by atoms with van der Waals surface area (Å²) in [7, 11) is -4.78. The number of ether oxygens (including phenoxy) is 1. The lowest BCUT2D eigenvalue weighted by molar-refractivity contribution is -0.147. The molecule has 0 rings (SSSR count). The van der Waals surface area contributed by atoms with Crippen LogP contribution in [0.15, 0.2) is 109 Å². The van der Waals surface area contributed by atoms with Gasteiger partial charge in [0.15, 0.2) is 6.04 Å². The maximum atomic E-state index is 12.4. The van der Waals surface area contributed by atoms with E-state index in [0.717, 1.165) is 103 Å². The number of carbonyl (C=O) groups is 3. The summed E-state index contributed by atoms with van der Waals surface area (Å²) in [5, 5.41) is 21.9. The summed E-state index contributed by atoms with van der Waals surface area (Å²) in [6.45, 7) is 2.39. The van der Waals surface area contributed by atoms with Crippen LogP contribution in [0.3, 0.4) is 0 Å². The summed E-state index contributed by atoms with van der Waals surface area (Å²) >= 11 is 0. The van der Waals surface area contributed by atoms with Gasteiger partial charge in [0.2, 0.25) is 5.91 Å². The number of hydrogen-bond donors (Lipinski definition) is 4. The first-order valence-electron chi connectivity index (χ1n) is 23.9. The van der Waals surface area contributed by atoms with E-state index in [0.29, 0.717) is 12.8 Å². The SMILES string of the molecule is CC/C=C\C/C=C\C/C=C\C/C=C\C/C=C\CCCCCC(=O)OCC(O)COP(=O)(O)OCC(NC(=O)CCCCCCC/C=C\C/C=C\C/C=C\C/C=C\CCCCC)C(=O)O. The van der Waals surface area contributed by atoms with Crippen molar-refractivity contribution in [3.63, 3.8) is 0 Å². The number of amides is 1. The molecule has 3 atom stereocenters. The minimum absolute atomic E-state index is 0.115. The molecule has 0 spiro atoms. The van der Waals surface area contributed by atoms with Crippen LogP contribution in [0, 0.1) is 0 Å². The Morgan fingerprint density at radius 3 is 1.38 bits per heavy atom. The molecule has 0 aliphatic carbocycles. The zero-order valence-corrected chi connectivity index (χ0v) is 40.2. The topological polar surface area (TPSA) is 169 Å². The van der Waals surface area contributed by atoms with Gasteiger partial charge in [-0.15, -0.1) is 0 Å². The van der Waals surface area contributed by atoms with Crippen LogP contribution in [0.2, 0.25) is 0 Å². The molecule has 0 aromatic heterocycles. The Hall–Kier alpha value is -3.86. The van der Waals surface area contributed by atoms with Crippen LogP contribution < -0.4 is 5.32 Å². The average Bonchev–Trinajstić information content (AvgIpc) is 3.27. The molecule has 0 radical (unpaired) electrons. The Morgan fingerprint density at radius 1 is 0.516 bits per heavy atom. The fourth-order valence-electron chi connectivity index (χ4n) is 5.85. The normalized spacial score (nSPS) is 14.6. The molecule has 0 aromatic carbocycles. The van der Waals surface area contributed by atoms with E-state index < -0.39 is 57.6 Å². The molecule has 0 saturated heterocycles. The number of phosphoric ester groups is 1. The van der Waals surface area contributed by atoms with E-state index >= 15 is 0 Å². The van der Waals surface area contributed by atoms with E-state index in [-0.39, 0.29) is 12.8 Å². The van der Waals surface area contributed by atoms with E-state index in [2.05, 4.69) is 129 Å². The van der Waals surface area contributed by atoms with Gasteiger partial charge in [-0.05, 0) is 103 Å². The Bertz CT molecular complexity index is 1490. The van der Waals surface area contributed by atoms with Crippen LogP contribution in [0.5, 0.6) is 0 Å². The molecule has 0 saturated carbocycles. The van der Waals surface area contributed by atoms with Crippen LogP contribution in [0.4, 0.5) is 0 Å². The van der Waals surface area contributed by atoms with Crippen molar-refractivity contribution in [2.75, 3.05) is 19.8 Å². The van der Waals surface area contributed by atoms with Crippen molar-refractivity contribution in [3.05, 3.63) is 109 Å². The summed E-state index contributed by atoms with van der Waals surface area (Å²) in [6, 6.07) is -1.57. The molecule has 0 fully saturated rings. The molecule has 12 heteroatoms. The Labute approximate surface area is 386 Å². The highest BCUT2D eigenvalue weighted by Crippen LogP contribution is 2.43. The molecular formula is C52H84NO10P. The molecular weight excluding hydrogens is 830 g/mol. The first kappa shape index (κ1) is 60.1. The number of esters is 1. The number of phosphoric acid groups is 1. The lowest BCUT2D eigenvalue weighted by Gasteiger charge is -2.18. The van der Waals surface area contributed by atoms with Crippen LogP contribution in [-0.2, 0) is 32.7 Å². The Kier molecular flexibility index (Phi) is 42.9. The molecule has 0 heterocycles. The van der Waals surface area contributed by atoms with Crippen molar-refractivity contribution >= 4 is 25.7 Å². The van der Waals surface area contributed by atoms with Crippen LogP contribution >= 0.6 is 7.82 Å². The highest BCUT2D eigenvalue weighted by atomic mass is 31.2. The van der Waals surface area contributed by atoms with Crippen molar-refractivity contribution in [2.24, 2.45) is 0 Å². The smallest absolute Gasteiger partial charge is 0.472 e. The fraction of sp³-hybridized carbons (Fsp3) is 0.596. The third-order valence-corrected chi connectivity index (χ3v) is 10.5. The monoisotopic (exact) mass is 914 g/mol. The lowest BCUT2D eigenvalue weighted by atomic mass is 10.1. The van der Waals surface area contributed by atoms with Crippen LogP contribution in [-0.4, -0.2) is 64.9 Å². The molecule has 0 aliphatic heterocycles. The van der Waals surface area contributed by atoms with Gasteiger partial charge in [-0.2, -0.15) is 0 Å².